The van der Waals surface area contributed by atoms with Crippen molar-refractivity contribution >= 4 is 0 Å². The second-order valence-electron chi connectivity index (χ2n) is 5.19. The zero-order valence-corrected chi connectivity index (χ0v) is 10.9. The largest absolute Gasteiger partial charge is 0.508 e. The van der Waals surface area contributed by atoms with Crippen molar-refractivity contribution in [1.29, 1.82) is 0 Å². The molecule has 0 aliphatic heterocycles. The molecule has 0 aromatic heterocycles. The lowest BCUT2D eigenvalue weighted by Crippen LogP contribution is -2.41. The summed E-state index contributed by atoms with van der Waals surface area (Å²) in [5, 5.41) is 9.24. The van der Waals surface area contributed by atoms with Gasteiger partial charge in [0, 0.05) is 30.3 Å². The molecule has 18 heavy (non-hydrogen) atoms. The molecule has 1 aromatic carbocycles. The van der Waals surface area contributed by atoms with Crippen LogP contribution in [0.2, 0.25) is 0 Å². The van der Waals surface area contributed by atoms with E-state index in [4.69, 9.17) is 5.73 Å². The molecule has 0 heterocycles. The Hall–Kier alpha value is -1.13. The Kier molecular flexibility index (Phi) is 3.88. The molecule has 0 radical (unpaired) electrons. The van der Waals surface area contributed by atoms with E-state index < -0.39 is 0 Å². The highest BCUT2D eigenvalue weighted by atomic mass is 19.1. The van der Waals surface area contributed by atoms with Crippen molar-refractivity contribution in [3.05, 3.63) is 29.6 Å². The first-order valence-electron chi connectivity index (χ1n) is 6.45. The van der Waals surface area contributed by atoms with Crippen LogP contribution in [-0.4, -0.2) is 29.6 Å². The summed E-state index contributed by atoms with van der Waals surface area (Å²) in [6.07, 6.45) is 2.44. The molecule has 1 saturated carbocycles. The van der Waals surface area contributed by atoms with Gasteiger partial charge in [0.05, 0.1) is 0 Å². The molecule has 3 N–H and O–H groups in total. The summed E-state index contributed by atoms with van der Waals surface area (Å²) in [4.78, 5) is 2.15. The number of nitrogens with two attached hydrogens (primary N) is 1. The number of hydrogen-bond donors (Lipinski definition) is 2. The average molecular weight is 252 g/mol. The Morgan fingerprint density at radius 2 is 2.17 bits per heavy atom. The molecule has 0 saturated heterocycles. The van der Waals surface area contributed by atoms with Crippen molar-refractivity contribution in [2.45, 2.75) is 31.8 Å². The van der Waals surface area contributed by atoms with E-state index in [0.717, 1.165) is 6.07 Å². The van der Waals surface area contributed by atoms with Crippen molar-refractivity contribution in [1.82, 2.24) is 4.90 Å². The average Bonchev–Trinajstić information content (AvgIpc) is 3.13. The predicted octanol–water partition coefficient (Wildman–Crippen LogP) is 2.26. The van der Waals surface area contributed by atoms with Crippen molar-refractivity contribution in [3.63, 3.8) is 0 Å². The van der Waals surface area contributed by atoms with E-state index >= 15 is 0 Å². The second kappa shape index (κ2) is 5.24. The van der Waals surface area contributed by atoms with E-state index in [0.29, 0.717) is 24.1 Å². The summed E-state index contributed by atoms with van der Waals surface area (Å²) < 4.78 is 13.8. The molecule has 2 atom stereocenters. The van der Waals surface area contributed by atoms with Crippen molar-refractivity contribution < 1.29 is 9.50 Å². The minimum absolute atomic E-state index is 0.0383. The van der Waals surface area contributed by atoms with Gasteiger partial charge in [-0.25, -0.2) is 4.39 Å². The number of phenolic OH excluding ortho intramolecular Hbond substituents is 1. The maximum atomic E-state index is 13.8. The lowest BCUT2D eigenvalue weighted by molar-refractivity contribution is 0.167. The van der Waals surface area contributed by atoms with E-state index in [9.17, 15) is 9.50 Å². The van der Waals surface area contributed by atoms with Gasteiger partial charge in [-0.1, -0.05) is 6.07 Å². The van der Waals surface area contributed by atoms with E-state index in [1.54, 1.807) is 6.07 Å². The van der Waals surface area contributed by atoms with Gasteiger partial charge in [0.15, 0.2) is 0 Å². The van der Waals surface area contributed by atoms with Gasteiger partial charge in [0.1, 0.15) is 11.6 Å². The minimum Gasteiger partial charge on any atom is -0.508 e. The third-order valence-corrected chi connectivity index (χ3v) is 3.98. The molecular formula is C14H21FN2O. The molecule has 1 fully saturated rings. The Morgan fingerprint density at radius 3 is 2.67 bits per heavy atom. The fraction of sp³-hybridized carbons (Fsp3) is 0.571. The minimum atomic E-state index is -0.360. The highest BCUT2D eigenvalue weighted by Crippen LogP contribution is 2.37. The van der Waals surface area contributed by atoms with Gasteiger partial charge < -0.3 is 10.8 Å². The summed E-state index contributed by atoms with van der Waals surface area (Å²) in [6, 6.07) is 4.60. The molecule has 4 heteroatoms. The molecule has 3 nitrogen and oxygen atoms in total. The van der Waals surface area contributed by atoms with Crippen LogP contribution in [0.5, 0.6) is 5.75 Å². The van der Waals surface area contributed by atoms with Gasteiger partial charge in [-0.2, -0.15) is 0 Å². The number of nitrogens with zero attached hydrogens (tertiary/aromatic N) is 1. The Morgan fingerprint density at radius 1 is 1.50 bits per heavy atom. The number of aromatic hydroxyl groups is 1. The summed E-state index contributed by atoms with van der Waals surface area (Å²) in [6.45, 7) is 2.58. The summed E-state index contributed by atoms with van der Waals surface area (Å²) in [5.74, 6) is 0.257. The van der Waals surface area contributed by atoms with Crippen LogP contribution in [0.4, 0.5) is 4.39 Å². The van der Waals surface area contributed by atoms with Crippen LogP contribution in [0, 0.1) is 11.7 Å². The van der Waals surface area contributed by atoms with Crippen LogP contribution in [0.25, 0.3) is 0 Å². The monoisotopic (exact) mass is 252 g/mol. The van der Waals surface area contributed by atoms with Gasteiger partial charge in [-0.3, -0.25) is 4.90 Å². The molecule has 0 amide bonds. The van der Waals surface area contributed by atoms with E-state index in [1.807, 2.05) is 14.0 Å². The van der Waals surface area contributed by atoms with Crippen LogP contribution < -0.4 is 5.73 Å². The Labute approximate surface area is 107 Å². The normalized spacial score (nSPS) is 18.9. The SMILES string of the molecule is CC(c1ccc(O)cc1F)N(C)C(CN)C1CC1. The zero-order chi connectivity index (χ0) is 13.3. The van der Waals surface area contributed by atoms with Gasteiger partial charge in [-0.05, 0) is 38.8 Å². The molecule has 100 valence electrons. The van der Waals surface area contributed by atoms with Crippen LogP contribution in [0.3, 0.4) is 0 Å². The van der Waals surface area contributed by atoms with Crippen LogP contribution >= 0.6 is 0 Å². The van der Waals surface area contributed by atoms with Crippen molar-refractivity contribution in [3.8, 4) is 5.75 Å². The fourth-order valence-corrected chi connectivity index (χ4v) is 2.53. The predicted molar refractivity (Wildman–Crippen MR) is 69.8 cm³/mol. The van der Waals surface area contributed by atoms with E-state index in [1.165, 1.54) is 18.9 Å². The van der Waals surface area contributed by atoms with E-state index in [2.05, 4.69) is 4.90 Å². The van der Waals surface area contributed by atoms with Crippen LogP contribution in [0.1, 0.15) is 31.4 Å². The maximum Gasteiger partial charge on any atom is 0.131 e. The zero-order valence-electron chi connectivity index (χ0n) is 10.9. The van der Waals surface area contributed by atoms with Crippen LogP contribution in [-0.2, 0) is 0 Å². The molecule has 1 aliphatic carbocycles. The Balaban J connectivity index is 2.16. The number of benzene rings is 1. The molecule has 2 rings (SSSR count). The quantitative estimate of drug-likeness (QED) is 0.845. The molecule has 2 unspecified atom stereocenters. The van der Waals surface area contributed by atoms with Crippen molar-refractivity contribution in [2.24, 2.45) is 11.7 Å². The third kappa shape index (κ3) is 2.65. The highest BCUT2D eigenvalue weighted by Gasteiger charge is 2.35. The van der Waals surface area contributed by atoms with Crippen LogP contribution in [0.15, 0.2) is 18.2 Å². The number of phenols is 1. The van der Waals surface area contributed by atoms with E-state index in [-0.39, 0.29) is 17.6 Å². The van der Waals surface area contributed by atoms with Gasteiger partial charge in [-0.15, -0.1) is 0 Å². The summed E-state index contributed by atoms with van der Waals surface area (Å²) in [5.41, 5.74) is 6.42. The first kappa shape index (κ1) is 13.3. The first-order valence-corrected chi connectivity index (χ1v) is 6.45. The number of halogens is 1. The van der Waals surface area contributed by atoms with Gasteiger partial charge in [0.2, 0.25) is 0 Å². The van der Waals surface area contributed by atoms with Gasteiger partial charge in [0.25, 0.3) is 0 Å². The lowest BCUT2D eigenvalue weighted by atomic mass is 10.0. The maximum absolute atomic E-state index is 13.8. The smallest absolute Gasteiger partial charge is 0.131 e. The molecule has 1 aliphatic rings. The summed E-state index contributed by atoms with van der Waals surface area (Å²) >= 11 is 0. The molecule has 1 aromatic rings. The fourth-order valence-electron chi connectivity index (χ4n) is 2.53. The highest BCUT2D eigenvalue weighted by molar-refractivity contribution is 5.29. The molecular weight excluding hydrogens is 231 g/mol. The molecule has 0 spiro atoms. The standard InChI is InChI=1S/C14H21FN2O/c1-9(12-6-5-11(18)7-13(12)15)17(2)14(8-16)10-3-4-10/h5-7,9-10,14,18H,3-4,8,16H2,1-2H3. The number of rotatable bonds is 5. The summed E-state index contributed by atoms with van der Waals surface area (Å²) in [7, 11) is 1.99. The first-order chi connectivity index (χ1) is 8.54. The van der Waals surface area contributed by atoms with Crippen molar-refractivity contribution in [2.75, 3.05) is 13.6 Å². The number of likely N-dealkylation sites (N-methyl/N-ethyl adjacent to an activating group) is 1. The topological polar surface area (TPSA) is 49.5 Å². The Bertz CT molecular complexity index is 420. The van der Waals surface area contributed by atoms with Gasteiger partial charge >= 0.3 is 0 Å². The number of hydrogen-bond acceptors (Lipinski definition) is 3. The third-order valence-electron chi connectivity index (χ3n) is 3.98. The molecule has 0 bridgehead atoms. The lowest BCUT2D eigenvalue weighted by Gasteiger charge is -2.33. The second-order valence-corrected chi connectivity index (χ2v) is 5.19.